The van der Waals surface area contributed by atoms with E-state index in [9.17, 15) is 4.79 Å². The Labute approximate surface area is 190 Å². The molecule has 0 aliphatic carbocycles. The molecule has 0 bridgehead atoms. The summed E-state index contributed by atoms with van der Waals surface area (Å²) in [6.07, 6.45) is 2.05. The molecular weight excluding hydrogens is 422 g/mol. The van der Waals surface area contributed by atoms with Gasteiger partial charge in [-0.1, -0.05) is 42.1 Å². The van der Waals surface area contributed by atoms with Gasteiger partial charge in [-0.2, -0.15) is 0 Å². The van der Waals surface area contributed by atoms with Crippen molar-refractivity contribution in [3.05, 3.63) is 75.9 Å². The number of benzene rings is 2. The number of ether oxygens (including phenoxy) is 1. The quantitative estimate of drug-likeness (QED) is 0.301. The fourth-order valence-electron chi connectivity index (χ4n) is 4.03. The molecule has 1 aliphatic heterocycles. The zero-order valence-electron chi connectivity index (χ0n) is 18.2. The molecule has 0 radical (unpaired) electrons. The van der Waals surface area contributed by atoms with Crippen LogP contribution in [0.5, 0.6) is 0 Å². The fraction of sp³-hybridized carbons (Fsp3) is 0.320. The third kappa shape index (κ3) is 4.10. The van der Waals surface area contributed by atoms with Gasteiger partial charge in [0.25, 0.3) is 5.56 Å². The number of aromatic nitrogens is 3. The summed E-state index contributed by atoms with van der Waals surface area (Å²) in [4.78, 5) is 22.8. The molecule has 1 fully saturated rings. The summed E-state index contributed by atoms with van der Waals surface area (Å²) in [7, 11) is 0. The molecule has 1 saturated heterocycles. The van der Waals surface area contributed by atoms with Crippen LogP contribution in [-0.4, -0.2) is 27.2 Å². The first-order valence-corrected chi connectivity index (χ1v) is 11.8. The highest BCUT2D eigenvalue weighted by atomic mass is 32.2. The van der Waals surface area contributed by atoms with E-state index >= 15 is 0 Å². The van der Waals surface area contributed by atoms with Crippen LogP contribution in [0.15, 0.2) is 62.9 Å². The van der Waals surface area contributed by atoms with Crippen LogP contribution in [0.2, 0.25) is 0 Å². The molecule has 0 unspecified atom stereocenters. The van der Waals surface area contributed by atoms with Gasteiger partial charge in [0, 0.05) is 17.9 Å². The van der Waals surface area contributed by atoms with Gasteiger partial charge in [-0.05, 0) is 50.5 Å². The van der Waals surface area contributed by atoms with E-state index in [4.69, 9.17) is 19.1 Å². The molecule has 1 atom stereocenters. The van der Waals surface area contributed by atoms with E-state index in [2.05, 4.69) is 0 Å². The van der Waals surface area contributed by atoms with Gasteiger partial charge in [-0.3, -0.25) is 9.36 Å². The third-order valence-corrected chi connectivity index (χ3v) is 6.83. The second-order valence-electron chi connectivity index (χ2n) is 8.09. The zero-order chi connectivity index (χ0) is 22.1. The molecule has 1 aliphatic rings. The second-order valence-corrected chi connectivity index (χ2v) is 9.03. The maximum Gasteiger partial charge on any atom is 0.262 e. The molecule has 5 rings (SSSR count). The second kappa shape index (κ2) is 8.92. The number of oxazole rings is 1. The molecule has 164 valence electrons. The summed E-state index contributed by atoms with van der Waals surface area (Å²) < 4.78 is 13.5. The number of para-hydroxylation sites is 1. The van der Waals surface area contributed by atoms with Gasteiger partial charge in [0.1, 0.15) is 5.76 Å². The first kappa shape index (κ1) is 21.0. The zero-order valence-corrected chi connectivity index (χ0v) is 19.0. The number of thioether (sulfide) groups is 1. The summed E-state index contributed by atoms with van der Waals surface area (Å²) in [5, 5.41) is 1.32. The van der Waals surface area contributed by atoms with Gasteiger partial charge in [0.2, 0.25) is 5.89 Å². The van der Waals surface area contributed by atoms with E-state index < -0.39 is 0 Å². The largest absolute Gasteiger partial charge is 0.441 e. The molecule has 2 aromatic carbocycles. The SMILES string of the molecule is Cc1ccccc1-c1nc(CSc2nc3ccccc3c(=O)n2C[C@H]2CCCO2)c(C)o1. The van der Waals surface area contributed by atoms with Crippen molar-refractivity contribution in [2.75, 3.05) is 6.61 Å². The Kier molecular flexibility index (Phi) is 5.85. The van der Waals surface area contributed by atoms with E-state index in [1.807, 2.05) is 62.4 Å². The molecule has 0 amide bonds. The van der Waals surface area contributed by atoms with Gasteiger partial charge in [0.05, 0.1) is 29.2 Å². The Balaban J connectivity index is 1.46. The average molecular weight is 448 g/mol. The van der Waals surface area contributed by atoms with E-state index in [1.165, 1.54) is 11.8 Å². The minimum absolute atomic E-state index is 0.0222. The van der Waals surface area contributed by atoms with E-state index in [1.54, 1.807) is 4.57 Å². The number of hydrogen-bond donors (Lipinski definition) is 0. The number of fused-ring (bicyclic) bond motifs is 1. The molecule has 0 N–H and O–H groups in total. The minimum atomic E-state index is -0.0222. The molecule has 2 aromatic heterocycles. The van der Waals surface area contributed by atoms with E-state index in [0.29, 0.717) is 34.2 Å². The number of rotatable bonds is 6. The van der Waals surface area contributed by atoms with Gasteiger partial charge < -0.3 is 9.15 Å². The van der Waals surface area contributed by atoms with Crippen molar-refractivity contribution in [3.63, 3.8) is 0 Å². The maximum atomic E-state index is 13.3. The molecule has 3 heterocycles. The summed E-state index contributed by atoms with van der Waals surface area (Å²) in [6, 6.07) is 15.6. The molecule has 0 spiro atoms. The van der Waals surface area contributed by atoms with Gasteiger partial charge in [-0.15, -0.1) is 0 Å². The maximum absolute atomic E-state index is 13.3. The normalized spacial score (nSPS) is 16.1. The van der Waals surface area contributed by atoms with E-state index in [-0.39, 0.29) is 11.7 Å². The Hall–Kier alpha value is -2.90. The Morgan fingerprint density at radius 2 is 1.91 bits per heavy atom. The van der Waals surface area contributed by atoms with Crippen LogP contribution in [-0.2, 0) is 17.0 Å². The molecule has 6 nitrogen and oxygen atoms in total. The number of hydrogen-bond acceptors (Lipinski definition) is 6. The molecule has 0 saturated carbocycles. The average Bonchev–Trinajstić information content (AvgIpc) is 3.44. The number of aryl methyl sites for hydroxylation is 2. The van der Waals surface area contributed by atoms with Gasteiger partial charge in [-0.25, -0.2) is 9.97 Å². The summed E-state index contributed by atoms with van der Waals surface area (Å²) in [5.41, 5.74) is 3.66. The lowest BCUT2D eigenvalue weighted by Crippen LogP contribution is -2.28. The van der Waals surface area contributed by atoms with Crippen LogP contribution in [0.3, 0.4) is 0 Å². The first-order valence-electron chi connectivity index (χ1n) is 10.9. The standard InChI is InChI=1S/C25H25N3O3S/c1-16-8-3-4-10-19(16)23-26-22(17(2)31-23)15-32-25-27-21-12-6-5-11-20(21)24(29)28(25)14-18-9-7-13-30-18/h3-6,8,10-12,18H,7,9,13-15H2,1-2H3/t18-/m1/s1. The molecule has 7 heteroatoms. The van der Waals surface area contributed by atoms with Crippen molar-refractivity contribution >= 4 is 22.7 Å². The molecular formula is C25H25N3O3S. The lowest BCUT2D eigenvalue weighted by atomic mass is 10.1. The summed E-state index contributed by atoms with van der Waals surface area (Å²) in [6.45, 7) is 5.25. The predicted molar refractivity (Wildman–Crippen MR) is 126 cm³/mol. The highest BCUT2D eigenvalue weighted by molar-refractivity contribution is 7.98. The summed E-state index contributed by atoms with van der Waals surface area (Å²) in [5.74, 6) is 1.97. The first-order chi connectivity index (χ1) is 15.6. The monoisotopic (exact) mass is 447 g/mol. The van der Waals surface area contributed by atoms with Crippen molar-refractivity contribution in [2.45, 2.75) is 50.2 Å². The highest BCUT2D eigenvalue weighted by Crippen LogP contribution is 2.29. The van der Waals surface area contributed by atoms with E-state index in [0.717, 1.165) is 42.0 Å². The lowest BCUT2D eigenvalue weighted by Gasteiger charge is -2.16. The molecule has 32 heavy (non-hydrogen) atoms. The van der Waals surface area contributed by atoms with Crippen molar-refractivity contribution < 1.29 is 9.15 Å². The van der Waals surface area contributed by atoms with Crippen molar-refractivity contribution in [3.8, 4) is 11.5 Å². The van der Waals surface area contributed by atoms with Crippen LogP contribution in [0.25, 0.3) is 22.4 Å². The Morgan fingerprint density at radius 1 is 1.09 bits per heavy atom. The Morgan fingerprint density at radius 3 is 2.72 bits per heavy atom. The number of nitrogens with zero attached hydrogens (tertiary/aromatic N) is 3. The molecule has 4 aromatic rings. The minimum Gasteiger partial charge on any atom is -0.441 e. The van der Waals surface area contributed by atoms with Crippen LogP contribution in [0, 0.1) is 13.8 Å². The van der Waals surface area contributed by atoms with Crippen LogP contribution in [0.1, 0.15) is 29.9 Å². The van der Waals surface area contributed by atoms with Gasteiger partial charge >= 0.3 is 0 Å². The smallest absolute Gasteiger partial charge is 0.262 e. The summed E-state index contributed by atoms with van der Waals surface area (Å²) >= 11 is 1.51. The highest BCUT2D eigenvalue weighted by Gasteiger charge is 2.21. The van der Waals surface area contributed by atoms with Crippen LogP contribution >= 0.6 is 11.8 Å². The topological polar surface area (TPSA) is 70.2 Å². The Bertz CT molecular complexity index is 1320. The third-order valence-electron chi connectivity index (χ3n) is 5.84. The van der Waals surface area contributed by atoms with Crippen LogP contribution < -0.4 is 5.56 Å². The lowest BCUT2D eigenvalue weighted by molar-refractivity contribution is 0.0937. The van der Waals surface area contributed by atoms with Crippen LogP contribution in [0.4, 0.5) is 0 Å². The van der Waals surface area contributed by atoms with Crippen molar-refractivity contribution in [2.24, 2.45) is 0 Å². The fourth-order valence-corrected chi connectivity index (χ4v) is 5.04. The predicted octanol–water partition coefficient (Wildman–Crippen LogP) is 5.14. The van der Waals surface area contributed by atoms with Crippen molar-refractivity contribution in [1.29, 1.82) is 0 Å². The van der Waals surface area contributed by atoms with Crippen molar-refractivity contribution in [1.82, 2.24) is 14.5 Å². The van der Waals surface area contributed by atoms with Gasteiger partial charge in [0.15, 0.2) is 5.16 Å².